The van der Waals surface area contributed by atoms with Crippen LogP contribution >= 0.6 is 15.9 Å². The van der Waals surface area contributed by atoms with Crippen LogP contribution in [0.4, 0.5) is 0 Å². The third kappa shape index (κ3) is 3.20. The van der Waals surface area contributed by atoms with Gasteiger partial charge in [0.25, 0.3) is 11.8 Å². The molecule has 2 aromatic carbocycles. The molecule has 1 unspecified atom stereocenters. The third-order valence-corrected chi connectivity index (χ3v) is 5.33. The van der Waals surface area contributed by atoms with Gasteiger partial charge in [0.05, 0.1) is 11.1 Å². The number of nitrogens with zero attached hydrogens (tertiary/aromatic N) is 1. The van der Waals surface area contributed by atoms with Crippen molar-refractivity contribution >= 4 is 39.6 Å². The first-order valence-corrected chi connectivity index (χ1v) is 9.47. The Kier molecular flexibility index (Phi) is 4.72. The first-order chi connectivity index (χ1) is 13.5. The highest BCUT2D eigenvalue weighted by Gasteiger charge is 2.45. The molecule has 2 aromatic rings. The maximum absolute atomic E-state index is 12.9. The van der Waals surface area contributed by atoms with Crippen LogP contribution in [0.25, 0.3) is 0 Å². The molecule has 2 aliphatic heterocycles. The van der Waals surface area contributed by atoms with E-state index in [1.807, 2.05) is 30.3 Å². The van der Waals surface area contributed by atoms with Crippen molar-refractivity contribution in [2.45, 2.75) is 25.5 Å². The molecule has 4 rings (SSSR count). The van der Waals surface area contributed by atoms with Crippen molar-refractivity contribution < 1.29 is 23.9 Å². The van der Waals surface area contributed by atoms with E-state index in [0.717, 1.165) is 4.90 Å². The maximum atomic E-state index is 12.9. The molecule has 0 radical (unpaired) electrons. The summed E-state index contributed by atoms with van der Waals surface area (Å²) in [6.07, 6.45) is 0.207. The van der Waals surface area contributed by atoms with E-state index < -0.39 is 29.7 Å². The van der Waals surface area contributed by atoms with Crippen LogP contribution in [0.1, 0.15) is 39.1 Å². The van der Waals surface area contributed by atoms with Crippen molar-refractivity contribution in [3.63, 3.8) is 0 Å². The number of halogens is 1. The predicted octanol–water partition coefficient (Wildman–Crippen LogP) is 2.43. The Balaban J connectivity index is 1.60. The van der Waals surface area contributed by atoms with Gasteiger partial charge in [0.15, 0.2) is 0 Å². The molecular formula is C20H15BrN2O5. The van der Waals surface area contributed by atoms with Gasteiger partial charge in [0.2, 0.25) is 11.8 Å². The topological polar surface area (TPSA) is 92.8 Å². The molecule has 0 bridgehead atoms. The number of para-hydroxylation sites is 1. The molecule has 142 valence electrons. The number of nitrogens with one attached hydrogen (secondary N) is 1. The Bertz CT molecular complexity index is 1010. The average molecular weight is 443 g/mol. The SMILES string of the molecule is O=C1CCC(N2C(=O)c3cc(COc4ccccc4)cc(Br)c3C2=O)C(=O)N1. The zero-order valence-electron chi connectivity index (χ0n) is 14.6. The van der Waals surface area contributed by atoms with E-state index >= 15 is 0 Å². The van der Waals surface area contributed by atoms with Crippen LogP contribution in [0.3, 0.4) is 0 Å². The van der Waals surface area contributed by atoms with Crippen molar-refractivity contribution in [2.24, 2.45) is 0 Å². The zero-order chi connectivity index (χ0) is 19.8. The third-order valence-electron chi connectivity index (χ3n) is 4.70. The molecular weight excluding hydrogens is 428 g/mol. The highest BCUT2D eigenvalue weighted by atomic mass is 79.9. The van der Waals surface area contributed by atoms with Gasteiger partial charge in [-0.1, -0.05) is 18.2 Å². The van der Waals surface area contributed by atoms with Gasteiger partial charge in [0.1, 0.15) is 18.4 Å². The number of rotatable bonds is 4. The monoisotopic (exact) mass is 442 g/mol. The van der Waals surface area contributed by atoms with Gasteiger partial charge in [-0.15, -0.1) is 0 Å². The summed E-state index contributed by atoms with van der Waals surface area (Å²) in [6, 6.07) is 11.6. The number of amides is 4. The van der Waals surface area contributed by atoms with Gasteiger partial charge in [-0.3, -0.25) is 29.4 Å². The van der Waals surface area contributed by atoms with Gasteiger partial charge in [-0.25, -0.2) is 0 Å². The number of fused-ring (bicyclic) bond motifs is 1. The fraction of sp³-hybridized carbons (Fsp3) is 0.200. The summed E-state index contributed by atoms with van der Waals surface area (Å²) in [7, 11) is 0. The standard InChI is InChI=1S/C20H15BrN2O5/c21-14-9-11(10-28-12-4-2-1-3-5-12)8-13-17(14)20(27)23(19(13)26)15-6-7-16(24)22-18(15)25/h1-5,8-9,15H,6-7,10H2,(H,22,24,25). The van der Waals surface area contributed by atoms with Crippen molar-refractivity contribution in [3.05, 3.63) is 63.6 Å². The number of imide groups is 2. The lowest BCUT2D eigenvalue weighted by Gasteiger charge is -2.27. The molecule has 0 aromatic heterocycles. The number of ether oxygens (including phenoxy) is 1. The number of hydrogen-bond donors (Lipinski definition) is 1. The molecule has 0 aliphatic carbocycles. The second-order valence-electron chi connectivity index (χ2n) is 6.55. The summed E-state index contributed by atoms with van der Waals surface area (Å²) in [5.74, 6) is -1.44. The minimum Gasteiger partial charge on any atom is -0.489 e. The molecule has 28 heavy (non-hydrogen) atoms. The molecule has 7 nitrogen and oxygen atoms in total. The molecule has 2 heterocycles. The fourth-order valence-corrected chi connectivity index (χ4v) is 4.05. The molecule has 1 fully saturated rings. The largest absolute Gasteiger partial charge is 0.489 e. The van der Waals surface area contributed by atoms with E-state index in [4.69, 9.17) is 4.74 Å². The molecule has 0 saturated carbocycles. The van der Waals surface area contributed by atoms with Gasteiger partial charge in [-0.05, 0) is 52.2 Å². The first kappa shape index (κ1) is 18.4. The van der Waals surface area contributed by atoms with Crippen LogP contribution in [0.5, 0.6) is 5.75 Å². The Labute approximate surface area is 168 Å². The lowest BCUT2D eigenvalue weighted by Crippen LogP contribution is -2.54. The number of piperidine rings is 1. The van der Waals surface area contributed by atoms with E-state index in [9.17, 15) is 19.2 Å². The zero-order valence-corrected chi connectivity index (χ0v) is 16.2. The fourth-order valence-electron chi connectivity index (χ4n) is 3.37. The van der Waals surface area contributed by atoms with Crippen LogP contribution < -0.4 is 10.1 Å². The molecule has 0 spiro atoms. The van der Waals surface area contributed by atoms with Gasteiger partial charge < -0.3 is 4.74 Å². The summed E-state index contributed by atoms with van der Waals surface area (Å²) < 4.78 is 6.17. The Morgan fingerprint density at radius 3 is 2.54 bits per heavy atom. The minimum absolute atomic E-state index is 0.0845. The summed E-state index contributed by atoms with van der Waals surface area (Å²) in [5.41, 5.74) is 1.15. The second-order valence-corrected chi connectivity index (χ2v) is 7.40. The first-order valence-electron chi connectivity index (χ1n) is 8.67. The molecule has 8 heteroatoms. The van der Waals surface area contributed by atoms with E-state index in [0.29, 0.717) is 15.8 Å². The Morgan fingerprint density at radius 1 is 1.07 bits per heavy atom. The van der Waals surface area contributed by atoms with Crippen LogP contribution in [0.2, 0.25) is 0 Å². The smallest absolute Gasteiger partial charge is 0.263 e. The van der Waals surface area contributed by atoms with E-state index in [2.05, 4.69) is 21.2 Å². The lowest BCUT2D eigenvalue weighted by molar-refractivity contribution is -0.136. The highest BCUT2D eigenvalue weighted by molar-refractivity contribution is 9.10. The van der Waals surface area contributed by atoms with E-state index in [-0.39, 0.29) is 30.6 Å². The van der Waals surface area contributed by atoms with Crippen molar-refractivity contribution in [1.82, 2.24) is 10.2 Å². The van der Waals surface area contributed by atoms with Gasteiger partial charge in [0, 0.05) is 10.9 Å². The molecule has 4 amide bonds. The highest BCUT2D eigenvalue weighted by Crippen LogP contribution is 2.33. The van der Waals surface area contributed by atoms with Crippen LogP contribution in [0, 0.1) is 0 Å². The Morgan fingerprint density at radius 2 is 1.82 bits per heavy atom. The summed E-state index contributed by atoms with van der Waals surface area (Å²) in [4.78, 5) is 50.2. The maximum Gasteiger partial charge on any atom is 0.263 e. The number of hydrogen-bond acceptors (Lipinski definition) is 5. The van der Waals surface area contributed by atoms with E-state index in [1.54, 1.807) is 12.1 Å². The quantitative estimate of drug-likeness (QED) is 0.733. The normalized spacial score (nSPS) is 18.9. The molecule has 1 N–H and O–H groups in total. The van der Waals surface area contributed by atoms with Crippen LogP contribution in [0.15, 0.2) is 46.9 Å². The van der Waals surface area contributed by atoms with Crippen molar-refractivity contribution in [3.8, 4) is 5.75 Å². The van der Waals surface area contributed by atoms with Crippen LogP contribution in [-0.4, -0.2) is 34.6 Å². The van der Waals surface area contributed by atoms with Crippen molar-refractivity contribution in [1.29, 1.82) is 0 Å². The summed E-state index contributed by atoms with van der Waals surface area (Å²) in [5, 5.41) is 2.18. The lowest BCUT2D eigenvalue weighted by atomic mass is 10.0. The Hall–Kier alpha value is -3.00. The van der Waals surface area contributed by atoms with Gasteiger partial charge in [-0.2, -0.15) is 0 Å². The molecule has 1 saturated heterocycles. The minimum atomic E-state index is -0.985. The number of benzene rings is 2. The second kappa shape index (κ2) is 7.20. The molecule has 2 aliphatic rings. The average Bonchev–Trinajstić information content (AvgIpc) is 2.92. The summed E-state index contributed by atoms with van der Waals surface area (Å²) in [6.45, 7) is 0.218. The predicted molar refractivity (Wildman–Crippen MR) is 102 cm³/mol. The summed E-state index contributed by atoms with van der Waals surface area (Å²) >= 11 is 3.36. The van der Waals surface area contributed by atoms with Crippen molar-refractivity contribution in [2.75, 3.05) is 0 Å². The van der Waals surface area contributed by atoms with Gasteiger partial charge >= 0.3 is 0 Å². The number of carbonyl (C=O) groups is 4. The molecule has 1 atom stereocenters. The van der Waals surface area contributed by atoms with E-state index in [1.165, 1.54) is 0 Å². The van der Waals surface area contributed by atoms with Crippen LogP contribution in [-0.2, 0) is 16.2 Å². The number of carbonyl (C=O) groups excluding carboxylic acids is 4.